The van der Waals surface area contributed by atoms with Crippen molar-refractivity contribution < 1.29 is 9.53 Å². The molecule has 1 aromatic rings. The summed E-state index contributed by atoms with van der Waals surface area (Å²) >= 11 is 0. The number of anilines is 1. The van der Waals surface area contributed by atoms with Gasteiger partial charge in [0.15, 0.2) is 0 Å². The maximum absolute atomic E-state index is 12.5. The number of rotatable bonds is 6. The van der Waals surface area contributed by atoms with E-state index in [0.717, 1.165) is 77.6 Å². The molecule has 7 heteroatoms. The van der Waals surface area contributed by atoms with Gasteiger partial charge in [-0.3, -0.25) is 9.69 Å². The van der Waals surface area contributed by atoms with Gasteiger partial charge in [0.25, 0.3) is 0 Å². The van der Waals surface area contributed by atoms with Crippen molar-refractivity contribution in [3.63, 3.8) is 0 Å². The fraction of sp³-hybridized carbons (Fsp3) is 0.741. The topological polar surface area (TPSA) is 74.1 Å². The normalized spacial score (nSPS) is 18.8. The van der Waals surface area contributed by atoms with Gasteiger partial charge in [0.2, 0.25) is 0 Å². The maximum Gasteiger partial charge on any atom is 0.320 e. The van der Waals surface area contributed by atoms with Gasteiger partial charge in [-0.1, -0.05) is 32.9 Å². The summed E-state index contributed by atoms with van der Waals surface area (Å²) in [7, 11) is 0. The summed E-state index contributed by atoms with van der Waals surface area (Å²) in [6.07, 6.45) is 0.993. The monoisotopic (exact) mass is 475 g/mol. The molecule has 1 aliphatic rings. The zero-order chi connectivity index (χ0) is 25.2. The summed E-state index contributed by atoms with van der Waals surface area (Å²) in [6.45, 7) is 22.7. The van der Waals surface area contributed by atoms with E-state index in [1.807, 2.05) is 32.9 Å². The predicted octanol–water partition coefficient (Wildman–Crippen LogP) is 2.71. The van der Waals surface area contributed by atoms with Gasteiger partial charge < -0.3 is 25.6 Å². The number of nitrogens with one attached hydrogen (secondary N) is 1. The Kier molecular flexibility index (Phi) is 11.3. The zero-order valence-electron chi connectivity index (χ0n) is 22.5. The Morgan fingerprint density at radius 1 is 0.882 bits per heavy atom. The number of carbonyl (C=O) groups is 1. The molecule has 1 fully saturated rings. The first-order valence-electron chi connectivity index (χ1n) is 12.8. The highest BCUT2D eigenvalue weighted by molar-refractivity contribution is 5.72. The second-order valence-corrected chi connectivity index (χ2v) is 11.8. The fourth-order valence-electron chi connectivity index (χ4n) is 4.24. The summed E-state index contributed by atoms with van der Waals surface area (Å²) in [5, 5.41) is 3.57. The Morgan fingerprint density at radius 3 is 2.03 bits per heavy atom. The van der Waals surface area contributed by atoms with Crippen LogP contribution in [0, 0.1) is 5.41 Å². The first kappa shape index (κ1) is 28.6. The van der Waals surface area contributed by atoms with Crippen LogP contribution in [0.25, 0.3) is 0 Å². The lowest BCUT2D eigenvalue weighted by molar-refractivity contribution is -0.156. The predicted molar refractivity (Wildman–Crippen MR) is 142 cm³/mol. The van der Waals surface area contributed by atoms with Crippen LogP contribution in [-0.4, -0.2) is 98.3 Å². The van der Waals surface area contributed by atoms with Gasteiger partial charge in [-0.15, -0.1) is 0 Å². The molecule has 1 aromatic carbocycles. The quantitative estimate of drug-likeness (QED) is 0.484. The van der Waals surface area contributed by atoms with Crippen LogP contribution in [0.2, 0.25) is 0 Å². The van der Waals surface area contributed by atoms with E-state index in [-0.39, 0.29) is 11.4 Å². The molecule has 0 saturated carbocycles. The van der Waals surface area contributed by atoms with E-state index in [2.05, 4.69) is 52.9 Å². The highest BCUT2D eigenvalue weighted by atomic mass is 16.6. The highest BCUT2D eigenvalue weighted by Gasteiger charge is 2.21. The first-order chi connectivity index (χ1) is 15.9. The minimum absolute atomic E-state index is 0.149. The van der Waals surface area contributed by atoms with Gasteiger partial charge in [-0.25, -0.2) is 0 Å². The molecule has 194 valence electrons. The van der Waals surface area contributed by atoms with Crippen molar-refractivity contribution in [1.29, 1.82) is 0 Å². The summed E-state index contributed by atoms with van der Waals surface area (Å²) in [6, 6.07) is 8.20. The van der Waals surface area contributed by atoms with Crippen LogP contribution < -0.4 is 11.1 Å². The Morgan fingerprint density at radius 2 is 1.44 bits per heavy atom. The van der Waals surface area contributed by atoms with Crippen molar-refractivity contribution in [3.8, 4) is 0 Å². The van der Waals surface area contributed by atoms with E-state index < -0.39 is 5.60 Å². The maximum atomic E-state index is 12.5. The molecule has 0 spiro atoms. The molecule has 34 heavy (non-hydrogen) atoms. The molecular formula is C27H49N5O2. The molecule has 0 aliphatic carbocycles. The van der Waals surface area contributed by atoms with Crippen LogP contribution in [0.5, 0.6) is 0 Å². The van der Waals surface area contributed by atoms with E-state index in [9.17, 15) is 4.79 Å². The average Bonchev–Trinajstić information content (AvgIpc) is 2.70. The highest BCUT2D eigenvalue weighted by Crippen LogP contribution is 2.15. The molecule has 1 heterocycles. The van der Waals surface area contributed by atoms with Crippen molar-refractivity contribution in [2.24, 2.45) is 5.41 Å². The van der Waals surface area contributed by atoms with Gasteiger partial charge in [-0.2, -0.15) is 0 Å². The summed E-state index contributed by atoms with van der Waals surface area (Å²) in [4.78, 5) is 19.8. The third-order valence-electron chi connectivity index (χ3n) is 5.84. The fourth-order valence-corrected chi connectivity index (χ4v) is 4.24. The molecule has 0 bridgehead atoms. The Labute approximate surface area is 208 Å². The SMILES string of the molecule is CC(C)(C)CN1CCNCCN(CC(=O)OC(C)(C)C)CCN(CCc2ccc(N)cc2)CC1. The Hall–Kier alpha value is -1.67. The number of benzene rings is 1. The minimum atomic E-state index is -0.455. The van der Waals surface area contributed by atoms with E-state index in [1.165, 1.54) is 5.56 Å². The second-order valence-electron chi connectivity index (χ2n) is 11.8. The van der Waals surface area contributed by atoms with E-state index in [0.29, 0.717) is 6.54 Å². The molecule has 0 atom stereocenters. The summed E-state index contributed by atoms with van der Waals surface area (Å²) < 4.78 is 5.58. The number of nitrogen functional groups attached to an aromatic ring is 1. The minimum Gasteiger partial charge on any atom is -0.459 e. The first-order valence-corrected chi connectivity index (χ1v) is 12.8. The molecule has 0 radical (unpaired) electrons. The summed E-state index contributed by atoms with van der Waals surface area (Å²) in [5.41, 5.74) is 7.79. The van der Waals surface area contributed by atoms with Gasteiger partial charge in [0.05, 0.1) is 6.54 Å². The molecular weight excluding hydrogens is 426 g/mol. The molecule has 7 nitrogen and oxygen atoms in total. The number of nitrogens with zero attached hydrogens (tertiary/aromatic N) is 3. The smallest absolute Gasteiger partial charge is 0.320 e. The number of hydrogen-bond donors (Lipinski definition) is 2. The third kappa shape index (κ3) is 12.7. The van der Waals surface area contributed by atoms with Crippen molar-refractivity contribution in [2.45, 2.75) is 53.6 Å². The van der Waals surface area contributed by atoms with Crippen LogP contribution in [-0.2, 0) is 16.0 Å². The van der Waals surface area contributed by atoms with Gasteiger partial charge in [0, 0.05) is 71.1 Å². The van der Waals surface area contributed by atoms with Crippen molar-refractivity contribution in [2.75, 3.05) is 77.7 Å². The van der Waals surface area contributed by atoms with Crippen LogP contribution in [0.1, 0.15) is 47.1 Å². The lowest BCUT2D eigenvalue weighted by Gasteiger charge is -2.34. The van der Waals surface area contributed by atoms with Gasteiger partial charge in [-0.05, 0) is 50.3 Å². The Bertz CT molecular complexity index is 724. The number of hydrogen-bond acceptors (Lipinski definition) is 7. The molecule has 0 aromatic heterocycles. The number of esters is 1. The van der Waals surface area contributed by atoms with Gasteiger partial charge >= 0.3 is 5.97 Å². The summed E-state index contributed by atoms with van der Waals surface area (Å²) in [5.74, 6) is -0.149. The van der Waals surface area contributed by atoms with Crippen molar-refractivity contribution in [3.05, 3.63) is 29.8 Å². The zero-order valence-corrected chi connectivity index (χ0v) is 22.5. The number of ether oxygens (including phenoxy) is 1. The average molecular weight is 476 g/mol. The molecule has 0 amide bonds. The van der Waals surface area contributed by atoms with Crippen LogP contribution >= 0.6 is 0 Å². The number of carbonyl (C=O) groups excluding carboxylic acids is 1. The molecule has 2 rings (SSSR count). The van der Waals surface area contributed by atoms with Gasteiger partial charge in [0.1, 0.15) is 5.60 Å². The van der Waals surface area contributed by atoms with Crippen LogP contribution in [0.15, 0.2) is 24.3 Å². The van der Waals surface area contributed by atoms with E-state index in [4.69, 9.17) is 10.5 Å². The van der Waals surface area contributed by atoms with Crippen molar-refractivity contribution >= 4 is 11.7 Å². The number of nitrogens with two attached hydrogens (primary N) is 1. The van der Waals surface area contributed by atoms with Crippen molar-refractivity contribution in [1.82, 2.24) is 20.0 Å². The molecule has 3 N–H and O–H groups in total. The third-order valence-corrected chi connectivity index (χ3v) is 5.84. The molecule has 0 unspecified atom stereocenters. The molecule has 1 saturated heterocycles. The standard InChI is InChI=1S/C27H49N5O2/c1-26(2,3)22-32-16-13-29-12-15-31(21-25(33)34-27(4,5)6)19-17-30(18-20-32)14-11-23-7-9-24(28)10-8-23/h7-10,29H,11-22,28H2,1-6H3. The Balaban J connectivity index is 2.03. The lowest BCUT2D eigenvalue weighted by Crippen LogP contribution is -2.47. The molecule has 1 aliphatic heterocycles. The second kappa shape index (κ2) is 13.4. The van der Waals surface area contributed by atoms with E-state index in [1.54, 1.807) is 0 Å². The van der Waals surface area contributed by atoms with Crippen LogP contribution in [0.4, 0.5) is 5.69 Å². The van der Waals surface area contributed by atoms with Crippen LogP contribution in [0.3, 0.4) is 0 Å². The lowest BCUT2D eigenvalue weighted by atomic mass is 9.96. The van der Waals surface area contributed by atoms with E-state index >= 15 is 0 Å². The largest absolute Gasteiger partial charge is 0.459 e.